The Hall–Kier alpha value is -1.51. The molecule has 0 fully saturated rings. The van der Waals surface area contributed by atoms with Crippen molar-refractivity contribution in [2.75, 3.05) is 5.32 Å². The van der Waals surface area contributed by atoms with Crippen LogP contribution in [0.25, 0.3) is 10.8 Å². The maximum Gasteiger partial charge on any atom is 0.258 e. The molecule has 0 aliphatic rings. The van der Waals surface area contributed by atoms with Gasteiger partial charge < -0.3 is 5.32 Å². The molecule has 1 amide bonds. The van der Waals surface area contributed by atoms with E-state index in [-0.39, 0.29) is 11.0 Å². The van der Waals surface area contributed by atoms with Gasteiger partial charge >= 0.3 is 0 Å². The molecule has 3 nitrogen and oxygen atoms in total. The van der Waals surface area contributed by atoms with Crippen LogP contribution >= 0.6 is 50.7 Å². The Morgan fingerprint density at radius 1 is 1.04 bits per heavy atom. The van der Waals surface area contributed by atoms with Crippen LogP contribution in [-0.4, -0.2) is 11.0 Å². The van der Waals surface area contributed by atoms with E-state index in [1.54, 1.807) is 6.07 Å². The lowest BCUT2D eigenvalue weighted by Gasteiger charge is -2.14. The van der Waals surface area contributed by atoms with Crippen LogP contribution in [0.4, 0.5) is 5.69 Å². The van der Waals surface area contributed by atoms with Gasteiger partial charge in [-0.3, -0.25) is 10.1 Å². The molecule has 0 aliphatic heterocycles. The van der Waals surface area contributed by atoms with E-state index in [9.17, 15) is 4.79 Å². The molecule has 0 heterocycles. The van der Waals surface area contributed by atoms with Crippen LogP contribution < -0.4 is 10.6 Å². The van der Waals surface area contributed by atoms with Crippen molar-refractivity contribution >= 4 is 78.2 Å². The van der Waals surface area contributed by atoms with E-state index in [0.717, 1.165) is 32.1 Å². The molecule has 3 rings (SSSR count). The first kappa shape index (κ1) is 19.3. The Bertz CT molecular complexity index is 1040. The number of fused-ring (bicyclic) bond motifs is 1. The van der Waals surface area contributed by atoms with Crippen molar-refractivity contribution in [2.45, 2.75) is 13.8 Å². The molecule has 2 N–H and O–H groups in total. The third-order valence-electron chi connectivity index (χ3n) is 4.09. The second-order valence-corrected chi connectivity index (χ2v) is 8.39. The van der Waals surface area contributed by atoms with E-state index in [1.807, 2.05) is 50.2 Å². The number of hydrogen-bond acceptors (Lipinski definition) is 2. The van der Waals surface area contributed by atoms with E-state index in [4.69, 9.17) is 12.2 Å². The van der Waals surface area contributed by atoms with Crippen LogP contribution in [0.1, 0.15) is 21.5 Å². The van der Waals surface area contributed by atoms with Gasteiger partial charge in [0.15, 0.2) is 5.11 Å². The van der Waals surface area contributed by atoms with Crippen molar-refractivity contribution in [1.82, 2.24) is 5.32 Å². The van der Waals surface area contributed by atoms with Gasteiger partial charge in [-0.25, -0.2) is 0 Å². The molecule has 132 valence electrons. The molecule has 0 aromatic heterocycles. The zero-order valence-electron chi connectivity index (χ0n) is 14.2. The van der Waals surface area contributed by atoms with Crippen molar-refractivity contribution in [3.05, 3.63) is 73.3 Å². The van der Waals surface area contributed by atoms with E-state index in [0.29, 0.717) is 5.56 Å². The molecular weight excluding hydrogens is 523 g/mol. The quantitative estimate of drug-likeness (QED) is 0.313. The zero-order chi connectivity index (χ0) is 18.8. The minimum atomic E-state index is -0.230. The SMILES string of the molecule is Cc1cc(NC(=S)NC(=O)c2cccc3c(Br)cccc23)c(C)cc1I. The number of aryl methyl sites for hydroxylation is 2. The van der Waals surface area contributed by atoms with E-state index < -0.39 is 0 Å². The lowest BCUT2D eigenvalue weighted by atomic mass is 10.0. The minimum Gasteiger partial charge on any atom is -0.332 e. The van der Waals surface area contributed by atoms with Crippen molar-refractivity contribution in [3.8, 4) is 0 Å². The predicted molar refractivity (Wildman–Crippen MR) is 124 cm³/mol. The highest BCUT2D eigenvalue weighted by Gasteiger charge is 2.13. The van der Waals surface area contributed by atoms with Crippen molar-refractivity contribution in [3.63, 3.8) is 0 Å². The van der Waals surface area contributed by atoms with Gasteiger partial charge in [-0.05, 0) is 94.8 Å². The van der Waals surface area contributed by atoms with Gasteiger partial charge in [0.05, 0.1) is 0 Å². The molecule has 0 unspecified atom stereocenters. The Morgan fingerprint density at radius 3 is 2.50 bits per heavy atom. The number of benzene rings is 3. The van der Waals surface area contributed by atoms with Gasteiger partial charge in [0.1, 0.15) is 0 Å². The Balaban J connectivity index is 1.82. The zero-order valence-corrected chi connectivity index (χ0v) is 18.8. The highest BCUT2D eigenvalue weighted by molar-refractivity contribution is 14.1. The summed E-state index contributed by atoms with van der Waals surface area (Å²) in [5, 5.41) is 8.06. The van der Waals surface area contributed by atoms with Crippen LogP contribution in [0.15, 0.2) is 53.0 Å². The highest BCUT2D eigenvalue weighted by Crippen LogP contribution is 2.26. The molecule has 0 bridgehead atoms. The average molecular weight is 539 g/mol. The molecular formula is C20H16BrIN2OS. The second-order valence-electron chi connectivity index (χ2n) is 5.97. The summed E-state index contributed by atoms with van der Waals surface area (Å²) < 4.78 is 2.15. The summed E-state index contributed by atoms with van der Waals surface area (Å²) in [7, 11) is 0. The number of carbonyl (C=O) groups is 1. The number of nitrogens with one attached hydrogen (secondary N) is 2. The van der Waals surface area contributed by atoms with Gasteiger partial charge in [-0.1, -0.05) is 40.2 Å². The first-order chi connectivity index (χ1) is 12.4. The lowest BCUT2D eigenvalue weighted by molar-refractivity contribution is 0.0979. The van der Waals surface area contributed by atoms with Crippen molar-refractivity contribution < 1.29 is 4.79 Å². The molecule has 3 aromatic rings. The van der Waals surface area contributed by atoms with E-state index >= 15 is 0 Å². The topological polar surface area (TPSA) is 41.1 Å². The van der Waals surface area contributed by atoms with Crippen LogP contribution in [0.5, 0.6) is 0 Å². The summed E-state index contributed by atoms with van der Waals surface area (Å²) in [5.74, 6) is -0.230. The smallest absolute Gasteiger partial charge is 0.258 e. The van der Waals surface area contributed by atoms with Gasteiger partial charge in [0.2, 0.25) is 0 Å². The molecule has 0 radical (unpaired) electrons. The second kappa shape index (κ2) is 8.02. The maximum atomic E-state index is 12.7. The van der Waals surface area contributed by atoms with Gasteiger partial charge in [-0.15, -0.1) is 0 Å². The summed E-state index contributed by atoms with van der Waals surface area (Å²) in [4.78, 5) is 12.7. The lowest BCUT2D eigenvalue weighted by Crippen LogP contribution is -2.34. The first-order valence-corrected chi connectivity index (χ1v) is 10.2. The Morgan fingerprint density at radius 2 is 1.73 bits per heavy atom. The number of thiocarbonyl (C=S) groups is 1. The van der Waals surface area contributed by atoms with Gasteiger partial charge in [0, 0.05) is 19.3 Å². The number of carbonyl (C=O) groups excluding carboxylic acids is 1. The fourth-order valence-corrected chi connectivity index (χ4v) is 4.03. The molecule has 0 saturated carbocycles. The summed E-state index contributed by atoms with van der Waals surface area (Å²) in [6.45, 7) is 4.05. The molecule has 26 heavy (non-hydrogen) atoms. The van der Waals surface area contributed by atoms with E-state index in [1.165, 1.54) is 3.57 Å². The molecule has 0 saturated heterocycles. The highest BCUT2D eigenvalue weighted by atomic mass is 127. The summed E-state index contributed by atoms with van der Waals surface area (Å²) >= 11 is 11.2. The third-order valence-corrected chi connectivity index (χ3v) is 6.15. The maximum absolute atomic E-state index is 12.7. The van der Waals surface area contributed by atoms with Crippen LogP contribution in [0, 0.1) is 17.4 Å². The van der Waals surface area contributed by atoms with Crippen molar-refractivity contribution in [2.24, 2.45) is 0 Å². The molecule has 0 aliphatic carbocycles. The Labute approximate surface area is 179 Å². The largest absolute Gasteiger partial charge is 0.332 e. The van der Waals surface area contributed by atoms with E-state index in [2.05, 4.69) is 55.2 Å². The summed E-state index contributed by atoms with van der Waals surface area (Å²) in [5.41, 5.74) is 3.72. The molecule has 0 atom stereocenters. The number of hydrogen-bond donors (Lipinski definition) is 2. The van der Waals surface area contributed by atoms with Gasteiger partial charge in [-0.2, -0.15) is 0 Å². The Kier molecular flexibility index (Phi) is 5.94. The normalized spacial score (nSPS) is 10.6. The number of halogens is 2. The first-order valence-electron chi connectivity index (χ1n) is 7.93. The fourth-order valence-electron chi connectivity index (χ4n) is 2.71. The molecule has 0 spiro atoms. The average Bonchev–Trinajstić information content (AvgIpc) is 2.59. The van der Waals surface area contributed by atoms with Crippen LogP contribution in [-0.2, 0) is 0 Å². The monoisotopic (exact) mass is 538 g/mol. The standard InChI is InChI=1S/C20H16BrIN2OS/c1-11-10-18(12(2)9-17(11)22)23-20(26)24-19(25)15-7-3-6-14-13(15)5-4-8-16(14)21/h3-10H,1-2H3,(H2,23,24,25,26). The minimum absolute atomic E-state index is 0.230. The van der Waals surface area contributed by atoms with Gasteiger partial charge in [0.25, 0.3) is 5.91 Å². The number of anilines is 1. The van der Waals surface area contributed by atoms with Crippen LogP contribution in [0.3, 0.4) is 0 Å². The van der Waals surface area contributed by atoms with Crippen LogP contribution in [0.2, 0.25) is 0 Å². The summed E-state index contributed by atoms with van der Waals surface area (Å²) in [6.07, 6.45) is 0. The third kappa shape index (κ3) is 4.07. The fraction of sp³-hybridized carbons (Fsp3) is 0.100. The number of rotatable bonds is 2. The number of amides is 1. The summed E-state index contributed by atoms with van der Waals surface area (Å²) in [6, 6.07) is 15.6. The molecule has 3 aromatic carbocycles. The molecule has 6 heteroatoms. The van der Waals surface area contributed by atoms with Crippen molar-refractivity contribution in [1.29, 1.82) is 0 Å². The predicted octanol–water partition coefficient (Wildman–Crippen LogP) is 5.95.